The van der Waals surface area contributed by atoms with Crippen molar-refractivity contribution in [2.45, 2.75) is 12.4 Å². The van der Waals surface area contributed by atoms with Crippen LogP contribution in [0.25, 0.3) is 32.7 Å². The van der Waals surface area contributed by atoms with Crippen LogP contribution in [-0.2, 0) is 12.4 Å². The maximum absolute atomic E-state index is 14.2. The number of halogens is 6. The van der Waals surface area contributed by atoms with Crippen molar-refractivity contribution >= 4 is 32.9 Å². The van der Waals surface area contributed by atoms with Gasteiger partial charge in [-0.15, -0.1) is 0 Å². The van der Waals surface area contributed by atoms with Gasteiger partial charge in [-0.3, -0.25) is 20.2 Å². The largest absolute Gasteiger partial charge is 0.455 e. The summed E-state index contributed by atoms with van der Waals surface area (Å²) in [5.41, 5.74) is -4.62. The van der Waals surface area contributed by atoms with Crippen molar-refractivity contribution in [2.75, 3.05) is 0 Å². The van der Waals surface area contributed by atoms with Crippen molar-refractivity contribution in [3.8, 4) is 22.6 Å². The second kappa shape index (κ2) is 9.77. The van der Waals surface area contributed by atoms with E-state index in [1.54, 1.807) is 0 Å². The van der Waals surface area contributed by atoms with Crippen LogP contribution in [-0.4, -0.2) is 9.85 Å². The lowest BCUT2D eigenvalue weighted by molar-refractivity contribution is -0.385. The Morgan fingerprint density at radius 3 is 1.49 bits per heavy atom. The Kier molecular flexibility index (Phi) is 6.52. The van der Waals surface area contributed by atoms with Gasteiger partial charge in [-0.1, -0.05) is 48.5 Å². The standard InChI is InChI=1S/C28H14F6N2O5/c29-27(30,31)22-13-15(35(37)38)9-11-21(22)25-17-5-1-3-7-19(17)26(20-8-4-2-6-18(20)25)41-24-12-10-16(36(39)40)14-23(24)28(32,33)34/h1-14H. The molecular formula is C28H14F6N2O5. The average Bonchev–Trinajstić information content (AvgIpc) is 2.91. The first kappa shape index (κ1) is 27.4. The van der Waals surface area contributed by atoms with E-state index in [1.165, 1.54) is 48.5 Å². The van der Waals surface area contributed by atoms with E-state index in [9.17, 15) is 46.6 Å². The fourth-order valence-corrected chi connectivity index (χ4v) is 4.64. The molecule has 0 aliphatic rings. The molecule has 0 saturated heterocycles. The zero-order valence-corrected chi connectivity index (χ0v) is 20.3. The number of rotatable bonds is 5. The van der Waals surface area contributed by atoms with Crippen molar-refractivity contribution in [3.63, 3.8) is 0 Å². The summed E-state index contributed by atoms with van der Waals surface area (Å²) in [6, 6.07) is 16.1. The Bertz CT molecular complexity index is 1810. The molecule has 41 heavy (non-hydrogen) atoms. The van der Waals surface area contributed by atoms with E-state index in [0.717, 1.165) is 24.3 Å². The summed E-state index contributed by atoms with van der Waals surface area (Å²) < 4.78 is 90.0. The number of fused-ring (bicyclic) bond motifs is 2. The van der Waals surface area contributed by atoms with Crippen molar-refractivity contribution in [1.82, 2.24) is 0 Å². The quantitative estimate of drug-likeness (QED) is 0.0905. The van der Waals surface area contributed by atoms with Crippen LogP contribution < -0.4 is 4.74 Å². The highest BCUT2D eigenvalue weighted by atomic mass is 19.4. The van der Waals surface area contributed by atoms with Crippen LogP contribution in [0.3, 0.4) is 0 Å². The summed E-state index contributed by atoms with van der Waals surface area (Å²) in [7, 11) is 0. The Labute approximate surface area is 225 Å². The molecule has 0 fully saturated rings. The van der Waals surface area contributed by atoms with Crippen LogP contribution in [0, 0.1) is 20.2 Å². The summed E-state index contributed by atoms with van der Waals surface area (Å²) in [5, 5.41) is 22.9. The number of hydrogen-bond acceptors (Lipinski definition) is 5. The first-order valence-electron chi connectivity index (χ1n) is 11.6. The van der Waals surface area contributed by atoms with Gasteiger partial charge < -0.3 is 4.74 Å². The van der Waals surface area contributed by atoms with E-state index in [-0.39, 0.29) is 38.4 Å². The normalized spacial score (nSPS) is 12.0. The summed E-state index contributed by atoms with van der Waals surface area (Å²) >= 11 is 0. The molecule has 0 N–H and O–H groups in total. The van der Waals surface area contributed by atoms with Crippen LogP contribution >= 0.6 is 0 Å². The second-order valence-corrected chi connectivity index (χ2v) is 8.82. The fraction of sp³-hybridized carbons (Fsp3) is 0.0714. The molecule has 0 atom stereocenters. The summed E-state index contributed by atoms with van der Waals surface area (Å²) in [6.07, 6.45) is -10.0. The van der Waals surface area contributed by atoms with Gasteiger partial charge in [0.2, 0.25) is 0 Å². The molecule has 5 aromatic rings. The van der Waals surface area contributed by atoms with Crippen LogP contribution in [0.5, 0.6) is 11.5 Å². The van der Waals surface area contributed by atoms with E-state index >= 15 is 0 Å². The summed E-state index contributed by atoms with van der Waals surface area (Å²) in [4.78, 5) is 20.4. The van der Waals surface area contributed by atoms with Crippen LogP contribution in [0.2, 0.25) is 0 Å². The number of nitro benzene ring substituents is 2. The molecule has 0 aliphatic heterocycles. The van der Waals surface area contributed by atoms with E-state index in [0.29, 0.717) is 12.1 Å². The monoisotopic (exact) mass is 572 g/mol. The summed E-state index contributed by atoms with van der Waals surface area (Å²) in [6.45, 7) is 0. The predicted octanol–water partition coefficient (Wildman–Crippen LogP) is 9.31. The van der Waals surface area contributed by atoms with Crippen molar-refractivity contribution < 1.29 is 40.9 Å². The van der Waals surface area contributed by atoms with Gasteiger partial charge in [0.1, 0.15) is 17.1 Å². The number of ether oxygens (including phenoxy) is 1. The maximum Gasteiger partial charge on any atom is 0.420 e. The van der Waals surface area contributed by atoms with E-state index in [2.05, 4.69) is 0 Å². The molecule has 5 aromatic carbocycles. The lowest BCUT2D eigenvalue weighted by Gasteiger charge is -2.21. The van der Waals surface area contributed by atoms with E-state index in [4.69, 9.17) is 4.74 Å². The van der Waals surface area contributed by atoms with E-state index < -0.39 is 50.5 Å². The SMILES string of the molecule is O=[N+]([O-])c1ccc(Oc2c3ccccc3c(-c3ccc([N+](=O)[O-])cc3C(F)(F)F)c3ccccc23)c(C(F)(F)F)c1. The molecule has 0 radical (unpaired) electrons. The van der Waals surface area contributed by atoms with Gasteiger partial charge in [-0.2, -0.15) is 26.3 Å². The topological polar surface area (TPSA) is 95.5 Å². The summed E-state index contributed by atoms with van der Waals surface area (Å²) in [5.74, 6) is -0.882. The predicted molar refractivity (Wildman–Crippen MR) is 137 cm³/mol. The van der Waals surface area contributed by atoms with Crippen LogP contribution in [0.15, 0.2) is 84.9 Å². The zero-order valence-electron chi connectivity index (χ0n) is 20.3. The molecule has 208 valence electrons. The molecule has 13 heteroatoms. The van der Waals surface area contributed by atoms with Gasteiger partial charge in [-0.05, 0) is 34.0 Å². The lowest BCUT2D eigenvalue weighted by Crippen LogP contribution is -2.09. The van der Waals surface area contributed by atoms with Crippen LogP contribution in [0.4, 0.5) is 37.7 Å². The first-order chi connectivity index (χ1) is 19.3. The Morgan fingerprint density at radius 1 is 0.585 bits per heavy atom. The molecule has 0 saturated carbocycles. The molecule has 0 bridgehead atoms. The Balaban J connectivity index is 1.85. The molecule has 0 aromatic heterocycles. The number of nitrogens with zero attached hydrogens (tertiary/aromatic N) is 2. The average molecular weight is 572 g/mol. The first-order valence-corrected chi connectivity index (χ1v) is 11.6. The number of hydrogen-bond donors (Lipinski definition) is 0. The number of non-ortho nitro benzene ring substituents is 2. The minimum atomic E-state index is -5.03. The van der Waals surface area contributed by atoms with Gasteiger partial charge in [-0.25, -0.2) is 0 Å². The molecular weight excluding hydrogens is 558 g/mol. The third-order valence-electron chi connectivity index (χ3n) is 6.36. The molecule has 0 spiro atoms. The van der Waals surface area contributed by atoms with Gasteiger partial charge in [0.05, 0.1) is 15.4 Å². The van der Waals surface area contributed by atoms with Crippen molar-refractivity contribution in [3.05, 3.63) is 116 Å². The Morgan fingerprint density at radius 2 is 1.02 bits per heavy atom. The highest BCUT2D eigenvalue weighted by Gasteiger charge is 2.38. The minimum Gasteiger partial charge on any atom is -0.455 e. The van der Waals surface area contributed by atoms with Gasteiger partial charge in [0.15, 0.2) is 0 Å². The van der Waals surface area contributed by atoms with Gasteiger partial charge >= 0.3 is 12.4 Å². The zero-order chi connectivity index (χ0) is 29.7. The highest BCUT2D eigenvalue weighted by Crippen LogP contribution is 2.49. The molecule has 0 heterocycles. The van der Waals surface area contributed by atoms with E-state index in [1.807, 2.05) is 0 Å². The maximum atomic E-state index is 14.2. The molecule has 0 amide bonds. The van der Waals surface area contributed by atoms with Crippen LogP contribution in [0.1, 0.15) is 11.1 Å². The molecule has 7 nitrogen and oxygen atoms in total. The third-order valence-corrected chi connectivity index (χ3v) is 6.36. The Hall–Kier alpha value is -5.20. The number of nitro groups is 2. The second-order valence-electron chi connectivity index (χ2n) is 8.82. The van der Waals surface area contributed by atoms with Gasteiger partial charge in [0.25, 0.3) is 11.4 Å². The minimum absolute atomic E-state index is 0.0329. The van der Waals surface area contributed by atoms with Gasteiger partial charge in [0, 0.05) is 35.0 Å². The smallest absolute Gasteiger partial charge is 0.420 e. The van der Waals surface area contributed by atoms with Crippen molar-refractivity contribution in [2.24, 2.45) is 0 Å². The molecule has 0 aliphatic carbocycles. The highest BCUT2D eigenvalue weighted by molar-refractivity contribution is 6.17. The fourth-order valence-electron chi connectivity index (χ4n) is 4.64. The molecule has 5 rings (SSSR count). The lowest BCUT2D eigenvalue weighted by atomic mass is 9.88. The third kappa shape index (κ3) is 4.97. The van der Waals surface area contributed by atoms with Crippen molar-refractivity contribution in [1.29, 1.82) is 0 Å². The number of alkyl halides is 6. The molecule has 0 unspecified atom stereocenters. The number of benzene rings is 5.